The van der Waals surface area contributed by atoms with Crippen molar-refractivity contribution in [3.63, 3.8) is 0 Å². The van der Waals surface area contributed by atoms with Gasteiger partial charge in [-0.3, -0.25) is 14.2 Å². The Bertz CT molecular complexity index is 1150. The van der Waals surface area contributed by atoms with Crippen LogP contribution < -0.4 is 5.73 Å². The van der Waals surface area contributed by atoms with E-state index >= 15 is 0 Å². The second-order valence-corrected chi connectivity index (χ2v) is 5.95. The summed E-state index contributed by atoms with van der Waals surface area (Å²) in [6.45, 7) is 0. The summed E-state index contributed by atoms with van der Waals surface area (Å²) in [5.74, 6) is -1.32. The number of nitrogen functional groups attached to an aromatic ring is 1. The van der Waals surface area contributed by atoms with Crippen molar-refractivity contribution in [2.45, 2.75) is 6.42 Å². The maximum Gasteiger partial charge on any atom is 0.307 e. The van der Waals surface area contributed by atoms with E-state index in [1.165, 1.54) is 4.57 Å². The molecule has 2 aromatic heterocycles. The Labute approximate surface area is 147 Å². The normalized spacial score (nSPS) is 11.1. The highest BCUT2D eigenvalue weighted by molar-refractivity contribution is 6.07. The van der Waals surface area contributed by atoms with E-state index in [0.717, 1.165) is 10.8 Å². The standard InChI is InChI=1S/C19H14N4O3/c20-19-21-15-6-5-11(8-16(24)25)7-14(15)17(22-19)18(26)23-9-12-3-1-2-4-13(12)10-23/h1-7,9-10H,8H2,(H,24,25)(H2,20,21,22). The summed E-state index contributed by atoms with van der Waals surface area (Å²) in [5, 5.41) is 11.3. The first kappa shape index (κ1) is 15.8. The molecule has 4 aromatic rings. The van der Waals surface area contributed by atoms with Gasteiger partial charge in [-0.2, -0.15) is 0 Å². The third-order valence-electron chi connectivity index (χ3n) is 4.12. The molecule has 7 heteroatoms. The number of rotatable bonds is 3. The summed E-state index contributed by atoms with van der Waals surface area (Å²) in [7, 11) is 0. The largest absolute Gasteiger partial charge is 0.481 e. The molecule has 0 aliphatic heterocycles. The van der Waals surface area contributed by atoms with Crippen LogP contribution in [0.25, 0.3) is 21.7 Å². The number of carboxylic acid groups (broad SMARTS) is 1. The predicted octanol–water partition coefficient (Wildman–Crippen LogP) is 2.48. The van der Waals surface area contributed by atoms with Gasteiger partial charge in [0, 0.05) is 17.8 Å². The second-order valence-electron chi connectivity index (χ2n) is 5.95. The van der Waals surface area contributed by atoms with E-state index in [1.807, 2.05) is 24.3 Å². The van der Waals surface area contributed by atoms with E-state index in [0.29, 0.717) is 16.5 Å². The van der Waals surface area contributed by atoms with Crippen LogP contribution in [0.5, 0.6) is 0 Å². The van der Waals surface area contributed by atoms with Crippen molar-refractivity contribution in [2.75, 3.05) is 5.73 Å². The molecule has 0 atom stereocenters. The number of carbonyl (C=O) groups excluding carboxylic acids is 1. The monoisotopic (exact) mass is 346 g/mol. The predicted molar refractivity (Wildman–Crippen MR) is 97.0 cm³/mol. The molecular weight excluding hydrogens is 332 g/mol. The summed E-state index contributed by atoms with van der Waals surface area (Å²) >= 11 is 0. The van der Waals surface area contributed by atoms with Gasteiger partial charge in [-0.05, 0) is 28.5 Å². The fraction of sp³-hybridized carbons (Fsp3) is 0.0526. The molecule has 3 N–H and O–H groups in total. The van der Waals surface area contributed by atoms with Crippen LogP contribution in [0, 0.1) is 0 Å². The molecule has 2 aromatic carbocycles. The maximum atomic E-state index is 13.0. The van der Waals surface area contributed by atoms with Gasteiger partial charge in [0.05, 0.1) is 11.9 Å². The van der Waals surface area contributed by atoms with Gasteiger partial charge < -0.3 is 10.8 Å². The Morgan fingerprint density at radius 3 is 2.38 bits per heavy atom. The van der Waals surface area contributed by atoms with Crippen LogP contribution in [0.15, 0.2) is 54.9 Å². The smallest absolute Gasteiger partial charge is 0.307 e. The topological polar surface area (TPSA) is 111 Å². The van der Waals surface area contributed by atoms with E-state index < -0.39 is 5.97 Å². The van der Waals surface area contributed by atoms with Gasteiger partial charge in [0.25, 0.3) is 5.91 Å². The molecule has 0 unspecified atom stereocenters. The molecule has 0 spiro atoms. The highest BCUT2D eigenvalue weighted by Crippen LogP contribution is 2.22. The number of benzene rings is 2. The average molecular weight is 346 g/mol. The van der Waals surface area contributed by atoms with Crippen molar-refractivity contribution in [3.05, 3.63) is 66.1 Å². The third kappa shape index (κ3) is 2.75. The molecular formula is C19H14N4O3. The van der Waals surface area contributed by atoms with Crippen molar-refractivity contribution in [1.82, 2.24) is 14.5 Å². The number of fused-ring (bicyclic) bond motifs is 2. The molecule has 4 rings (SSSR count). The summed E-state index contributed by atoms with van der Waals surface area (Å²) in [6, 6.07) is 12.5. The van der Waals surface area contributed by atoms with Gasteiger partial charge >= 0.3 is 5.97 Å². The molecule has 128 valence electrons. The van der Waals surface area contributed by atoms with Crippen molar-refractivity contribution in [3.8, 4) is 0 Å². The Morgan fingerprint density at radius 1 is 1.04 bits per heavy atom. The number of anilines is 1. The van der Waals surface area contributed by atoms with Gasteiger partial charge in [-0.15, -0.1) is 0 Å². The van der Waals surface area contributed by atoms with Crippen LogP contribution in [0.4, 0.5) is 5.95 Å². The lowest BCUT2D eigenvalue weighted by atomic mass is 10.1. The number of carbonyl (C=O) groups is 2. The number of nitrogens with zero attached hydrogens (tertiary/aromatic N) is 3. The zero-order chi connectivity index (χ0) is 18.3. The maximum absolute atomic E-state index is 13.0. The first-order valence-electron chi connectivity index (χ1n) is 7.90. The minimum absolute atomic E-state index is 0.0106. The molecule has 7 nitrogen and oxygen atoms in total. The van der Waals surface area contributed by atoms with Crippen molar-refractivity contribution in [2.24, 2.45) is 0 Å². The quantitative estimate of drug-likeness (QED) is 0.589. The first-order valence-corrected chi connectivity index (χ1v) is 7.90. The van der Waals surface area contributed by atoms with Gasteiger partial charge in [-0.1, -0.05) is 30.3 Å². The Hall–Kier alpha value is -3.74. The minimum atomic E-state index is -0.953. The van der Waals surface area contributed by atoms with Gasteiger partial charge in [-0.25, -0.2) is 9.97 Å². The van der Waals surface area contributed by atoms with Crippen LogP contribution in [0.3, 0.4) is 0 Å². The highest BCUT2D eigenvalue weighted by atomic mass is 16.4. The second kappa shape index (κ2) is 5.96. The summed E-state index contributed by atoms with van der Waals surface area (Å²) < 4.78 is 1.45. The molecule has 26 heavy (non-hydrogen) atoms. The lowest BCUT2D eigenvalue weighted by Gasteiger charge is -2.08. The summed E-state index contributed by atoms with van der Waals surface area (Å²) in [5.41, 5.74) is 6.95. The van der Waals surface area contributed by atoms with E-state index in [4.69, 9.17) is 10.8 Å². The Kier molecular flexibility index (Phi) is 3.62. The Morgan fingerprint density at radius 2 is 1.73 bits per heavy atom. The summed E-state index contributed by atoms with van der Waals surface area (Å²) in [6.07, 6.45) is 3.30. The zero-order valence-electron chi connectivity index (χ0n) is 13.6. The molecule has 0 fully saturated rings. The fourth-order valence-electron chi connectivity index (χ4n) is 2.96. The number of aliphatic carboxylic acids is 1. The van der Waals surface area contributed by atoms with Gasteiger partial charge in [0.1, 0.15) is 5.69 Å². The highest BCUT2D eigenvalue weighted by Gasteiger charge is 2.17. The van der Waals surface area contributed by atoms with E-state index in [1.54, 1.807) is 30.6 Å². The number of nitrogens with two attached hydrogens (primary N) is 1. The van der Waals surface area contributed by atoms with Crippen LogP contribution >= 0.6 is 0 Å². The fourth-order valence-corrected chi connectivity index (χ4v) is 2.96. The first-order chi connectivity index (χ1) is 12.5. The number of carboxylic acids is 1. The Balaban J connectivity index is 1.88. The van der Waals surface area contributed by atoms with E-state index in [9.17, 15) is 9.59 Å². The lowest BCUT2D eigenvalue weighted by Crippen LogP contribution is -2.14. The molecule has 0 saturated carbocycles. The van der Waals surface area contributed by atoms with Crippen LogP contribution in [0.1, 0.15) is 16.1 Å². The van der Waals surface area contributed by atoms with E-state index in [-0.39, 0.29) is 24.0 Å². The molecule has 0 amide bonds. The zero-order valence-corrected chi connectivity index (χ0v) is 13.6. The molecule has 0 aliphatic rings. The van der Waals surface area contributed by atoms with Crippen LogP contribution in [-0.2, 0) is 11.2 Å². The van der Waals surface area contributed by atoms with E-state index in [2.05, 4.69) is 9.97 Å². The molecule has 0 radical (unpaired) electrons. The molecule has 0 bridgehead atoms. The van der Waals surface area contributed by atoms with Crippen molar-refractivity contribution >= 4 is 39.5 Å². The SMILES string of the molecule is Nc1nc(C(=O)n2cc3ccccc3c2)c2cc(CC(=O)O)ccc2n1. The van der Waals surface area contributed by atoms with Crippen LogP contribution in [-0.4, -0.2) is 31.5 Å². The number of hydrogen-bond donors (Lipinski definition) is 2. The van der Waals surface area contributed by atoms with Crippen molar-refractivity contribution in [1.29, 1.82) is 0 Å². The summed E-state index contributed by atoms with van der Waals surface area (Å²) in [4.78, 5) is 32.2. The average Bonchev–Trinajstić information content (AvgIpc) is 3.04. The molecule has 0 saturated heterocycles. The molecule has 2 heterocycles. The van der Waals surface area contributed by atoms with Crippen molar-refractivity contribution < 1.29 is 14.7 Å². The third-order valence-corrected chi connectivity index (χ3v) is 4.12. The van der Waals surface area contributed by atoms with Gasteiger partial charge in [0.15, 0.2) is 0 Å². The molecule has 0 aliphatic carbocycles. The van der Waals surface area contributed by atoms with Gasteiger partial charge in [0.2, 0.25) is 5.95 Å². The number of hydrogen-bond acceptors (Lipinski definition) is 5. The lowest BCUT2D eigenvalue weighted by molar-refractivity contribution is -0.136. The minimum Gasteiger partial charge on any atom is -0.481 e. The van der Waals surface area contributed by atoms with Crippen LogP contribution in [0.2, 0.25) is 0 Å². The number of aromatic nitrogens is 3.